The number of rotatable bonds is 4. The summed E-state index contributed by atoms with van der Waals surface area (Å²) in [5, 5.41) is 2.95. The van der Waals surface area contributed by atoms with Crippen LogP contribution < -0.4 is 5.32 Å². The molecule has 1 amide bonds. The lowest BCUT2D eigenvalue weighted by atomic mass is 10.2. The largest absolute Gasteiger partial charge is 0.349 e. The molecule has 19 heavy (non-hydrogen) atoms. The number of imidazole rings is 1. The van der Waals surface area contributed by atoms with Crippen LogP contribution in [0.1, 0.15) is 17.4 Å². The number of nitrogens with zero attached hydrogens (tertiary/aromatic N) is 4. The molecule has 1 fully saturated rings. The zero-order valence-electron chi connectivity index (χ0n) is 12.0. The van der Waals surface area contributed by atoms with Crippen molar-refractivity contribution in [1.29, 1.82) is 0 Å². The van der Waals surface area contributed by atoms with E-state index in [2.05, 4.69) is 34.1 Å². The molecular weight excluding hydrogens is 242 g/mol. The van der Waals surface area contributed by atoms with Crippen molar-refractivity contribution in [3.63, 3.8) is 0 Å². The third-order valence-corrected chi connectivity index (χ3v) is 3.66. The first-order valence-electron chi connectivity index (χ1n) is 6.75. The average molecular weight is 265 g/mol. The molecule has 1 unspecified atom stereocenters. The van der Waals surface area contributed by atoms with Crippen LogP contribution in [-0.2, 0) is 7.05 Å². The van der Waals surface area contributed by atoms with Crippen molar-refractivity contribution in [3.8, 4) is 0 Å². The number of amides is 1. The summed E-state index contributed by atoms with van der Waals surface area (Å²) in [7, 11) is 4.00. The Kier molecular flexibility index (Phi) is 4.55. The zero-order chi connectivity index (χ0) is 13.8. The molecule has 1 aliphatic rings. The standard InChI is InChI=1S/C13H23N5O/c1-11(18-6-4-16(2)5-7-18)8-14-13(19)12-9-17(3)10-15-12/h9-11H,4-8H2,1-3H3,(H,14,19). The zero-order valence-corrected chi connectivity index (χ0v) is 12.0. The Morgan fingerprint density at radius 3 is 2.63 bits per heavy atom. The van der Waals surface area contributed by atoms with E-state index < -0.39 is 0 Å². The summed E-state index contributed by atoms with van der Waals surface area (Å²) in [4.78, 5) is 20.7. The predicted molar refractivity (Wildman–Crippen MR) is 74.1 cm³/mol. The molecule has 106 valence electrons. The van der Waals surface area contributed by atoms with Gasteiger partial charge >= 0.3 is 0 Å². The lowest BCUT2D eigenvalue weighted by molar-refractivity contribution is 0.0899. The summed E-state index contributed by atoms with van der Waals surface area (Å²) in [6.07, 6.45) is 3.37. The number of carbonyl (C=O) groups is 1. The summed E-state index contributed by atoms with van der Waals surface area (Å²) in [5.74, 6) is -0.0958. The van der Waals surface area contributed by atoms with Crippen LogP contribution in [0.25, 0.3) is 0 Å². The fourth-order valence-corrected chi connectivity index (χ4v) is 2.25. The highest BCUT2D eigenvalue weighted by Crippen LogP contribution is 2.04. The van der Waals surface area contributed by atoms with Gasteiger partial charge in [-0.05, 0) is 14.0 Å². The maximum atomic E-state index is 11.9. The molecule has 0 radical (unpaired) electrons. The van der Waals surface area contributed by atoms with Gasteiger partial charge in [0.1, 0.15) is 5.69 Å². The third kappa shape index (κ3) is 3.78. The van der Waals surface area contributed by atoms with Gasteiger partial charge in [0.05, 0.1) is 6.33 Å². The Labute approximate surface area is 114 Å². The van der Waals surface area contributed by atoms with E-state index in [1.165, 1.54) is 0 Å². The minimum atomic E-state index is -0.0958. The third-order valence-electron chi connectivity index (χ3n) is 3.66. The van der Waals surface area contributed by atoms with E-state index in [1.807, 2.05) is 7.05 Å². The number of carbonyl (C=O) groups excluding carboxylic acids is 1. The first kappa shape index (κ1) is 14.0. The van der Waals surface area contributed by atoms with Crippen molar-refractivity contribution in [2.75, 3.05) is 39.8 Å². The van der Waals surface area contributed by atoms with Crippen molar-refractivity contribution < 1.29 is 4.79 Å². The molecule has 2 heterocycles. The van der Waals surface area contributed by atoms with Crippen LogP contribution in [-0.4, -0.2) is 71.1 Å². The van der Waals surface area contributed by atoms with Crippen LogP contribution in [0.3, 0.4) is 0 Å². The normalized spacial score (nSPS) is 19.3. The molecule has 1 atom stereocenters. The van der Waals surface area contributed by atoms with E-state index in [4.69, 9.17) is 0 Å². The Morgan fingerprint density at radius 1 is 1.37 bits per heavy atom. The lowest BCUT2D eigenvalue weighted by Crippen LogP contribution is -2.51. The Balaban J connectivity index is 1.77. The van der Waals surface area contributed by atoms with E-state index in [0.29, 0.717) is 18.3 Å². The van der Waals surface area contributed by atoms with Crippen LogP contribution >= 0.6 is 0 Å². The maximum absolute atomic E-state index is 11.9. The molecule has 2 rings (SSSR count). The lowest BCUT2D eigenvalue weighted by Gasteiger charge is -2.36. The first-order chi connectivity index (χ1) is 9.06. The molecule has 0 bridgehead atoms. The SMILES string of the molecule is CC(CNC(=O)c1cn(C)cn1)N1CCN(C)CC1. The number of aryl methyl sites for hydroxylation is 1. The summed E-state index contributed by atoms with van der Waals surface area (Å²) in [5.41, 5.74) is 0.480. The van der Waals surface area contributed by atoms with Crippen molar-refractivity contribution in [3.05, 3.63) is 18.2 Å². The number of likely N-dealkylation sites (N-methyl/N-ethyl adjacent to an activating group) is 1. The fourth-order valence-electron chi connectivity index (χ4n) is 2.25. The van der Waals surface area contributed by atoms with E-state index in [-0.39, 0.29) is 5.91 Å². The van der Waals surface area contributed by atoms with Gasteiger partial charge in [0.25, 0.3) is 5.91 Å². The second-order valence-corrected chi connectivity index (χ2v) is 5.32. The Morgan fingerprint density at radius 2 is 2.05 bits per heavy atom. The predicted octanol–water partition coefficient (Wildman–Crippen LogP) is -0.214. The monoisotopic (exact) mass is 265 g/mol. The van der Waals surface area contributed by atoms with Gasteiger partial charge < -0.3 is 14.8 Å². The van der Waals surface area contributed by atoms with Gasteiger partial charge in [0, 0.05) is 52.0 Å². The summed E-state index contributed by atoms with van der Waals surface area (Å²) in [6, 6.07) is 0.362. The molecule has 6 heteroatoms. The number of hydrogen-bond donors (Lipinski definition) is 1. The number of hydrogen-bond acceptors (Lipinski definition) is 4. The number of aromatic nitrogens is 2. The summed E-state index contributed by atoms with van der Waals surface area (Å²) < 4.78 is 1.78. The molecule has 0 aliphatic carbocycles. The van der Waals surface area contributed by atoms with E-state index in [0.717, 1.165) is 26.2 Å². The molecule has 0 spiro atoms. The molecule has 1 aliphatic heterocycles. The number of nitrogens with one attached hydrogen (secondary N) is 1. The number of piperazine rings is 1. The highest BCUT2D eigenvalue weighted by atomic mass is 16.1. The van der Waals surface area contributed by atoms with Crippen LogP contribution in [0.2, 0.25) is 0 Å². The smallest absolute Gasteiger partial charge is 0.271 e. The second-order valence-electron chi connectivity index (χ2n) is 5.32. The van der Waals surface area contributed by atoms with Crippen molar-refractivity contribution in [1.82, 2.24) is 24.7 Å². The van der Waals surface area contributed by atoms with E-state index in [9.17, 15) is 4.79 Å². The van der Waals surface area contributed by atoms with Crippen molar-refractivity contribution >= 4 is 5.91 Å². The molecule has 1 N–H and O–H groups in total. The van der Waals surface area contributed by atoms with Crippen LogP contribution in [0.4, 0.5) is 0 Å². The highest BCUT2D eigenvalue weighted by molar-refractivity contribution is 5.92. The van der Waals surface area contributed by atoms with Gasteiger partial charge in [-0.25, -0.2) is 4.98 Å². The van der Waals surface area contributed by atoms with Gasteiger partial charge in [0.2, 0.25) is 0 Å². The van der Waals surface area contributed by atoms with Crippen molar-refractivity contribution in [2.45, 2.75) is 13.0 Å². The van der Waals surface area contributed by atoms with Gasteiger partial charge in [-0.15, -0.1) is 0 Å². The molecule has 1 aromatic heterocycles. The van der Waals surface area contributed by atoms with E-state index in [1.54, 1.807) is 17.1 Å². The minimum absolute atomic E-state index is 0.0958. The fraction of sp³-hybridized carbons (Fsp3) is 0.692. The van der Waals surface area contributed by atoms with Gasteiger partial charge in [-0.3, -0.25) is 9.69 Å². The van der Waals surface area contributed by atoms with Crippen LogP contribution in [0.5, 0.6) is 0 Å². The first-order valence-corrected chi connectivity index (χ1v) is 6.75. The molecule has 1 saturated heterocycles. The molecule has 6 nitrogen and oxygen atoms in total. The minimum Gasteiger partial charge on any atom is -0.349 e. The Bertz CT molecular complexity index is 422. The maximum Gasteiger partial charge on any atom is 0.271 e. The molecule has 0 saturated carbocycles. The average Bonchev–Trinajstić information content (AvgIpc) is 2.83. The second kappa shape index (κ2) is 6.16. The topological polar surface area (TPSA) is 53.4 Å². The van der Waals surface area contributed by atoms with Gasteiger partial charge in [-0.2, -0.15) is 0 Å². The molecule has 0 aromatic carbocycles. The Hall–Kier alpha value is -1.40. The molecule has 1 aromatic rings. The van der Waals surface area contributed by atoms with E-state index >= 15 is 0 Å². The van der Waals surface area contributed by atoms with Crippen LogP contribution in [0.15, 0.2) is 12.5 Å². The highest BCUT2D eigenvalue weighted by Gasteiger charge is 2.19. The summed E-state index contributed by atoms with van der Waals surface area (Å²) >= 11 is 0. The molecular formula is C13H23N5O. The summed E-state index contributed by atoms with van der Waals surface area (Å²) in [6.45, 7) is 7.15. The quantitative estimate of drug-likeness (QED) is 0.818. The van der Waals surface area contributed by atoms with Crippen molar-refractivity contribution in [2.24, 2.45) is 7.05 Å². The van der Waals surface area contributed by atoms with Gasteiger partial charge in [0.15, 0.2) is 0 Å². The van der Waals surface area contributed by atoms with Crippen LogP contribution in [0, 0.1) is 0 Å². The van der Waals surface area contributed by atoms with Gasteiger partial charge in [-0.1, -0.05) is 0 Å².